The molecule has 1 aromatic rings. The van der Waals surface area contributed by atoms with Crippen LogP contribution in [0.4, 0.5) is 11.4 Å². The van der Waals surface area contributed by atoms with E-state index < -0.39 is 0 Å². The summed E-state index contributed by atoms with van der Waals surface area (Å²) in [6.45, 7) is 1.79. The lowest BCUT2D eigenvalue weighted by Gasteiger charge is -2.15. The van der Waals surface area contributed by atoms with Gasteiger partial charge in [0.15, 0.2) is 0 Å². The Labute approximate surface area is 106 Å². The summed E-state index contributed by atoms with van der Waals surface area (Å²) in [6, 6.07) is 7.10. The zero-order chi connectivity index (χ0) is 13.1. The van der Waals surface area contributed by atoms with E-state index in [4.69, 9.17) is 11.0 Å². The highest BCUT2D eigenvalue weighted by molar-refractivity contribution is 5.84. The zero-order valence-corrected chi connectivity index (χ0v) is 10.2. The summed E-state index contributed by atoms with van der Waals surface area (Å²) in [5.74, 6) is -0.0205. The summed E-state index contributed by atoms with van der Waals surface area (Å²) in [5.41, 5.74) is 7.21. The summed E-state index contributed by atoms with van der Waals surface area (Å²) in [6.07, 6.45) is 2.14. The molecule has 5 heteroatoms. The molecule has 0 spiro atoms. The summed E-state index contributed by atoms with van der Waals surface area (Å²) in [7, 11) is 0. The van der Waals surface area contributed by atoms with Crippen LogP contribution in [-0.2, 0) is 4.79 Å². The molecule has 18 heavy (non-hydrogen) atoms. The Morgan fingerprint density at radius 1 is 1.56 bits per heavy atom. The Hall–Kier alpha value is -2.22. The number of carbonyl (C=O) groups excluding carboxylic acids is 1. The first-order valence-corrected chi connectivity index (χ1v) is 5.96. The second-order valence-corrected chi connectivity index (χ2v) is 4.56. The second kappa shape index (κ2) is 4.96. The Morgan fingerprint density at radius 3 is 2.89 bits per heavy atom. The number of carbonyl (C=O) groups is 1. The lowest BCUT2D eigenvalue weighted by molar-refractivity contribution is -0.121. The van der Waals surface area contributed by atoms with Crippen molar-refractivity contribution in [1.29, 1.82) is 5.26 Å². The summed E-state index contributed by atoms with van der Waals surface area (Å²) < 4.78 is 0. The molecule has 2 rings (SSSR count). The van der Waals surface area contributed by atoms with E-state index >= 15 is 0 Å². The number of nitrogens with one attached hydrogen (secondary N) is 2. The van der Waals surface area contributed by atoms with Crippen molar-refractivity contribution < 1.29 is 4.79 Å². The first kappa shape index (κ1) is 12.2. The number of benzene rings is 1. The fourth-order valence-electron chi connectivity index (χ4n) is 1.61. The monoisotopic (exact) mass is 244 g/mol. The number of amides is 1. The van der Waals surface area contributed by atoms with Crippen LogP contribution >= 0.6 is 0 Å². The van der Waals surface area contributed by atoms with Gasteiger partial charge in [-0.05, 0) is 38.0 Å². The molecule has 1 aliphatic carbocycles. The Balaban J connectivity index is 1.99. The van der Waals surface area contributed by atoms with Crippen LogP contribution in [-0.4, -0.2) is 18.0 Å². The molecule has 0 bridgehead atoms. The van der Waals surface area contributed by atoms with Crippen LogP contribution in [0, 0.1) is 11.3 Å². The van der Waals surface area contributed by atoms with E-state index in [1.54, 1.807) is 25.1 Å². The van der Waals surface area contributed by atoms with Crippen molar-refractivity contribution in [3.63, 3.8) is 0 Å². The molecular weight excluding hydrogens is 228 g/mol. The molecule has 0 radical (unpaired) electrons. The molecule has 4 N–H and O–H groups in total. The minimum atomic E-state index is -0.333. The van der Waals surface area contributed by atoms with E-state index in [1.165, 1.54) is 0 Å². The fraction of sp³-hybridized carbons (Fsp3) is 0.385. The molecule has 94 valence electrons. The van der Waals surface area contributed by atoms with E-state index in [0.717, 1.165) is 18.5 Å². The molecule has 0 saturated heterocycles. The van der Waals surface area contributed by atoms with E-state index in [-0.39, 0.29) is 11.9 Å². The number of rotatable bonds is 4. The lowest BCUT2D eigenvalue weighted by atomic mass is 10.1. The molecule has 0 aliphatic heterocycles. The topological polar surface area (TPSA) is 90.9 Å². The number of hydrogen-bond donors (Lipinski definition) is 3. The Bertz CT molecular complexity index is 502. The second-order valence-electron chi connectivity index (χ2n) is 4.56. The average Bonchev–Trinajstić information content (AvgIpc) is 3.15. The van der Waals surface area contributed by atoms with Gasteiger partial charge in [0.05, 0.1) is 5.56 Å². The maximum absolute atomic E-state index is 11.8. The van der Waals surface area contributed by atoms with Crippen molar-refractivity contribution in [2.45, 2.75) is 31.8 Å². The van der Waals surface area contributed by atoms with Crippen LogP contribution in [0.25, 0.3) is 0 Å². The first-order chi connectivity index (χ1) is 8.60. The third-order valence-corrected chi connectivity index (χ3v) is 2.87. The van der Waals surface area contributed by atoms with Crippen LogP contribution in [0.5, 0.6) is 0 Å². The van der Waals surface area contributed by atoms with E-state index in [9.17, 15) is 4.79 Å². The predicted octanol–water partition coefficient (Wildman–Crippen LogP) is 1.22. The molecule has 0 aromatic heterocycles. The number of anilines is 2. The van der Waals surface area contributed by atoms with Crippen LogP contribution in [0.3, 0.4) is 0 Å². The summed E-state index contributed by atoms with van der Waals surface area (Å²) in [5, 5.41) is 14.9. The maximum Gasteiger partial charge on any atom is 0.242 e. The van der Waals surface area contributed by atoms with Gasteiger partial charge in [-0.3, -0.25) is 4.79 Å². The van der Waals surface area contributed by atoms with Gasteiger partial charge in [0.1, 0.15) is 12.1 Å². The minimum Gasteiger partial charge on any atom is -0.398 e. The number of nitrogens with two attached hydrogens (primary N) is 1. The van der Waals surface area contributed by atoms with Gasteiger partial charge < -0.3 is 16.4 Å². The molecule has 1 fully saturated rings. The van der Waals surface area contributed by atoms with Gasteiger partial charge in [0.2, 0.25) is 5.91 Å². The minimum absolute atomic E-state index is 0.0205. The van der Waals surface area contributed by atoms with Gasteiger partial charge in [-0.15, -0.1) is 0 Å². The van der Waals surface area contributed by atoms with Crippen LogP contribution in [0.1, 0.15) is 25.3 Å². The van der Waals surface area contributed by atoms with Crippen LogP contribution in [0.2, 0.25) is 0 Å². The third-order valence-electron chi connectivity index (χ3n) is 2.87. The average molecular weight is 244 g/mol. The van der Waals surface area contributed by atoms with Crippen molar-refractivity contribution >= 4 is 17.3 Å². The number of nitrogens with zero attached hydrogens (tertiary/aromatic N) is 1. The van der Waals surface area contributed by atoms with Crippen LogP contribution < -0.4 is 16.4 Å². The first-order valence-electron chi connectivity index (χ1n) is 5.96. The zero-order valence-electron chi connectivity index (χ0n) is 10.2. The normalized spacial score (nSPS) is 15.6. The third kappa shape index (κ3) is 2.92. The van der Waals surface area contributed by atoms with Crippen molar-refractivity contribution in [2.24, 2.45) is 0 Å². The molecule has 1 unspecified atom stereocenters. The molecule has 0 heterocycles. The van der Waals surface area contributed by atoms with Gasteiger partial charge in [-0.2, -0.15) is 5.26 Å². The summed E-state index contributed by atoms with van der Waals surface area (Å²) in [4.78, 5) is 11.8. The van der Waals surface area contributed by atoms with Gasteiger partial charge in [-0.1, -0.05) is 0 Å². The van der Waals surface area contributed by atoms with Gasteiger partial charge >= 0.3 is 0 Å². The highest BCUT2D eigenvalue weighted by Crippen LogP contribution is 2.20. The number of nitriles is 1. The maximum atomic E-state index is 11.8. The molecule has 1 atom stereocenters. The number of nitrogen functional groups attached to an aromatic ring is 1. The molecule has 1 aromatic carbocycles. The molecule has 1 saturated carbocycles. The van der Waals surface area contributed by atoms with E-state index in [1.807, 2.05) is 6.07 Å². The number of hydrogen-bond acceptors (Lipinski definition) is 4. The van der Waals surface area contributed by atoms with Crippen molar-refractivity contribution in [1.82, 2.24) is 5.32 Å². The van der Waals surface area contributed by atoms with Gasteiger partial charge in [0, 0.05) is 17.4 Å². The fourth-order valence-corrected chi connectivity index (χ4v) is 1.61. The highest BCUT2D eigenvalue weighted by atomic mass is 16.2. The van der Waals surface area contributed by atoms with Crippen LogP contribution in [0.15, 0.2) is 18.2 Å². The van der Waals surface area contributed by atoms with Gasteiger partial charge in [-0.25, -0.2) is 0 Å². The molecule has 1 aliphatic rings. The van der Waals surface area contributed by atoms with Crippen molar-refractivity contribution in [3.8, 4) is 6.07 Å². The van der Waals surface area contributed by atoms with Gasteiger partial charge in [0.25, 0.3) is 0 Å². The Kier molecular flexibility index (Phi) is 3.38. The standard InChI is InChI=1S/C13H16N4O/c1-8(13(18)17-10-2-3-10)16-11-4-5-12(15)9(6-11)7-14/h4-6,8,10,16H,2-3,15H2,1H3,(H,17,18). The molecular formula is C13H16N4O. The highest BCUT2D eigenvalue weighted by Gasteiger charge is 2.25. The lowest BCUT2D eigenvalue weighted by Crippen LogP contribution is -2.38. The molecule has 5 nitrogen and oxygen atoms in total. The van der Waals surface area contributed by atoms with Crippen molar-refractivity contribution in [2.75, 3.05) is 11.1 Å². The molecule has 1 amide bonds. The SMILES string of the molecule is CC(Nc1ccc(N)c(C#N)c1)C(=O)NC1CC1. The van der Waals surface area contributed by atoms with Crippen molar-refractivity contribution in [3.05, 3.63) is 23.8 Å². The largest absolute Gasteiger partial charge is 0.398 e. The summed E-state index contributed by atoms with van der Waals surface area (Å²) >= 11 is 0. The quantitative estimate of drug-likeness (QED) is 0.694. The van der Waals surface area contributed by atoms with E-state index in [2.05, 4.69) is 10.6 Å². The predicted molar refractivity (Wildman–Crippen MR) is 69.8 cm³/mol. The smallest absolute Gasteiger partial charge is 0.242 e. The van der Waals surface area contributed by atoms with E-state index in [0.29, 0.717) is 17.3 Å². The Morgan fingerprint density at radius 2 is 2.28 bits per heavy atom.